The first-order chi connectivity index (χ1) is 10.7. The fourth-order valence-corrected chi connectivity index (χ4v) is 5.22. The number of alkyl halides is 2. The molecule has 1 aliphatic heterocycles. The van der Waals surface area contributed by atoms with E-state index < -0.39 is 46.0 Å². The number of hydrogen-bond acceptors (Lipinski definition) is 3. The smallest absolute Gasteiger partial charge is 0.313 e. The molecule has 2 fully saturated rings. The molecule has 1 saturated heterocycles. The maximum atomic E-state index is 13.6. The highest BCUT2D eigenvalue weighted by Crippen LogP contribution is 2.48. The van der Waals surface area contributed by atoms with E-state index in [-0.39, 0.29) is 12.5 Å². The van der Waals surface area contributed by atoms with E-state index in [2.05, 4.69) is 0 Å². The fraction of sp³-hybridized carbons (Fsp3) is 0.533. The SMILES string of the molecule is O=C(O)C1CN(S(=O)(=O)C2CC2c2ccccc2)CCC1(F)F. The van der Waals surface area contributed by atoms with Crippen LogP contribution in [0.1, 0.15) is 24.3 Å². The highest BCUT2D eigenvalue weighted by Gasteiger charge is 2.55. The zero-order valence-corrected chi connectivity index (χ0v) is 13.0. The van der Waals surface area contributed by atoms with Crippen LogP contribution in [0.5, 0.6) is 0 Å². The third-order valence-corrected chi connectivity index (χ3v) is 6.93. The van der Waals surface area contributed by atoms with Gasteiger partial charge in [0, 0.05) is 25.4 Å². The number of carboxylic acids is 1. The van der Waals surface area contributed by atoms with Crippen LogP contribution in [-0.2, 0) is 14.8 Å². The fourth-order valence-electron chi connectivity index (χ4n) is 3.11. The van der Waals surface area contributed by atoms with Crippen molar-refractivity contribution in [2.24, 2.45) is 5.92 Å². The monoisotopic (exact) mass is 345 g/mol. The number of benzene rings is 1. The van der Waals surface area contributed by atoms with Crippen molar-refractivity contribution < 1.29 is 27.1 Å². The molecule has 0 radical (unpaired) electrons. The zero-order valence-electron chi connectivity index (χ0n) is 12.2. The van der Waals surface area contributed by atoms with Gasteiger partial charge in [0.25, 0.3) is 5.92 Å². The van der Waals surface area contributed by atoms with Gasteiger partial charge in [0.1, 0.15) is 5.92 Å². The largest absolute Gasteiger partial charge is 0.481 e. The molecule has 0 bridgehead atoms. The van der Waals surface area contributed by atoms with Gasteiger partial charge in [-0.05, 0) is 12.0 Å². The highest BCUT2D eigenvalue weighted by molar-refractivity contribution is 7.90. The summed E-state index contributed by atoms with van der Waals surface area (Å²) >= 11 is 0. The van der Waals surface area contributed by atoms with E-state index in [1.807, 2.05) is 30.3 Å². The van der Waals surface area contributed by atoms with Gasteiger partial charge >= 0.3 is 5.97 Å². The van der Waals surface area contributed by atoms with Crippen molar-refractivity contribution in [2.45, 2.75) is 29.9 Å². The third-order valence-electron chi connectivity index (χ3n) is 4.59. The molecule has 0 spiro atoms. The van der Waals surface area contributed by atoms with Crippen LogP contribution in [-0.4, -0.2) is 48.1 Å². The second kappa shape index (κ2) is 5.52. The molecule has 3 rings (SSSR count). The van der Waals surface area contributed by atoms with E-state index in [1.165, 1.54) is 0 Å². The van der Waals surface area contributed by atoms with E-state index >= 15 is 0 Å². The molecule has 1 aromatic carbocycles. The summed E-state index contributed by atoms with van der Waals surface area (Å²) in [6.45, 7) is -1.00. The maximum Gasteiger partial charge on any atom is 0.313 e. The Morgan fingerprint density at radius 1 is 1.26 bits per heavy atom. The molecule has 2 aliphatic rings. The minimum atomic E-state index is -3.77. The normalized spacial score (nSPS) is 30.8. The molecular formula is C15H17F2NO4S. The Bertz CT molecular complexity index is 707. The quantitative estimate of drug-likeness (QED) is 0.905. The minimum Gasteiger partial charge on any atom is -0.481 e. The number of sulfonamides is 1. The Morgan fingerprint density at radius 2 is 1.91 bits per heavy atom. The lowest BCUT2D eigenvalue weighted by atomic mass is 9.95. The predicted molar refractivity (Wildman–Crippen MR) is 78.8 cm³/mol. The first-order valence-corrected chi connectivity index (χ1v) is 8.88. The van der Waals surface area contributed by atoms with Crippen LogP contribution in [0.2, 0.25) is 0 Å². The summed E-state index contributed by atoms with van der Waals surface area (Å²) in [5.41, 5.74) is 0.901. The minimum absolute atomic E-state index is 0.146. The van der Waals surface area contributed by atoms with Gasteiger partial charge in [0.15, 0.2) is 0 Å². The number of rotatable bonds is 4. The van der Waals surface area contributed by atoms with Crippen LogP contribution < -0.4 is 0 Å². The first-order valence-electron chi connectivity index (χ1n) is 7.38. The molecule has 1 heterocycles. The number of hydrogen-bond donors (Lipinski definition) is 1. The third kappa shape index (κ3) is 2.97. The highest BCUT2D eigenvalue weighted by atomic mass is 32.2. The van der Waals surface area contributed by atoms with E-state index in [0.717, 1.165) is 9.87 Å². The predicted octanol–water partition coefficient (Wildman–Crippen LogP) is 1.91. The van der Waals surface area contributed by atoms with Gasteiger partial charge in [-0.1, -0.05) is 30.3 Å². The number of halogens is 2. The average molecular weight is 345 g/mol. The van der Waals surface area contributed by atoms with Gasteiger partial charge in [-0.3, -0.25) is 4.79 Å². The zero-order chi connectivity index (χ0) is 16.8. The Balaban J connectivity index is 1.76. The lowest BCUT2D eigenvalue weighted by molar-refractivity contribution is -0.163. The second-order valence-electron chi connectivity index (χ2n) is 6.10. The summed E-state index contributed by atoms with van der Waals surface area (Å²) in [6, 6.07) is 9.15. The molecule has 3 unspecified atom stereocenters. The van der Waals surface area contributed by atoms with Crippen molar-refractivity contribution in [2.75, 3.05) is 13.1 Å². The van der Waals surface area contributed by atoms with Gasteiger partial charge in [0.2, 0.25) is 10.0 Å². The van der Waals surface area contributed by atoms with E-state index in [9.17, 15) is 22.0 Å². The number of carbonyl (C=O) groups is 1. The molecule has 3 atom stereocenters. The molecule has 0 aromatic heterocycles. The Hall–Kier alpha value is -1.54. The molecule has 1 saturated carbocycles. The van der Waals surface area contributed by atoms with E-state index in [1.54, 1.807) is 0 Å². The second-order valence-corrected chi connectivity index (χ2v) is 8.25. The molecule has 23 heavy (non-hydrogen) atoms. The van der Waals surface area contributed by atoms with E-state index in [4.69, 9.17) is 5.11 Å². The lowest BCUT2D eigenvalue weighted by Gasteiger charge is -2.35. The van der Waals surface area contributed by atoms with Gasteiger partial charge in [-0.15, -0.1) is 0 Å². The molecule has 0 amide bonds. The van der Waals surface area contributed by atoms with Crippen LogP contribution in [0.4, 0.5) is 8.78 Å². The van der Waals surface area contributed by atoms with Crippen molar-refractivity contribution in [1.82, 2.24) is 4.31 Å². The molecule has 1 aromatic rings. The van der Waals surface area contributed by atoms with Crippen molar-refractivity contribution in [3.8, 4) is 0 Å². The number of piperidine rings is 1. The van der Waals surface area contributed by atoms with Crippen LogP contribution in [0.25, 0.3) is 0 Å². The van der Waals surface area contributed by atoms with Crippen LogP contribution >= 0.6 is 0 Å². The molecule has 1 aliphatic carbocycles. The van der Waals surface area contributed by atoms with Crippen molar-refractivity contribution >= 4 is 16.0 Å². The van der Waals surface area contributed by atoms with Crippen LogP contribution in [0.3, 0.4) is 0 Å². The summed E-state index contributed by atoms with van der Waals surface area (Å²) in [5.74, 6) is -7.17. The molecule has 1 N–H and O–H groups in total. The summed E-state index contributed by atoms with van der Waals surface area (Å²) in [6.07, 6.45) is -0.317. The standard InChI is InChI=1S/C15H17F2NO4S/c16-15(17)6-7-18(9-12(15)14(19)20)23(21,22)13-8-11(13)10-4-2-1-3-5-10/h1-5,11-13H,6-9H2,(H,19,20). The van der Waals surface area contributed by atoms with Crippen molar-refractivity contribution in [1.29, 1.82) is 0 Å². The molecule has 8 heteroatoms. The molecule has 5 nitrogen and oxygen atoms in total. The molecule has 126 valence electrons. The van der Waals surface area contributed by atoms with Gasteiger partial charge < -0.3 is 5.11 Å². The summed E-state index contributed by atoms with van der Waals surface area (Å²) in [5, 5.41) is 8.29. The Labute approximate surface area is 133 Å². The van der Waals surface area contributed by atoms with Gasteiger partial charge in [-0.2, -0.15) is 0 Å². The topological polar surface area (TPSA) is 74.7 Å². The van der Waals surface area contributed by atoms with Gasteiger partial charge in [0.05, 0.1) is 5.25 Å². The number of nitrogens with zero attached hydrogens (tertiary/aromatic N) is 1. The summed E-state index contributed by atoms with van der Waals surface area (Å²) < 4.78 is 53.4. The lowest BCUT2D eigenvalue weighted by Crippen LogP contribution is -2.52. The van der Waals surface area contributed by atoms with Gasteiger partial charge in [-0.25, -0.2) is 21.5 Å². The summed E-state index contributed by atoms with van der Waals surface area (Å²) in [7, 11) is -3.77. The van der Waals surface area contributed by atoms with Crippen LogP contribution in [0, 0.1) is 5.92 Å². The van der Waals surface area contributed by atoms with Crippen molar-refractivity contribution in [3.05, 3.63) is 35.9 Å². The maximum absolute atomic E-state index is 13.6. The molecular weight excluding hydrogens is 328 g/mol. The van der Waals surface area contributed by atoms with E-state index in [0.29, 0.717) is 6.42 Å². The Morgan fingerprint density at radius 3 is 2.52 bits per heavy atom. The summed E-state index contributed by atoms with van der Waals surface area (Å²) in [4.78, 5) is 11.0. The Kier molecular flexibility index (Phi) is 3.92. The number of aliphatic carboxylic acids is 1. The van der Waals surface area contributed by atoms with Crippen molar-refractivity contribution in [3.63, 3.8) is 0 Å². The average Bonchev–Trinajstić information content (AvgIpc) is 3.28. The van der Waals surface area contributed by atoms with Crippen LogP contribution in [0.15, 0.2) is 30.3 Å². The first kappa shape index (κ1) is 16.3. The number of carboxylic acid groups (broad SMARTS) is 1.